The number of phenols is 1. The number of benzene rings is 1. The molecule has 2 heteroatoms. The number of rotatable bonds is 1. The zero-order valence-electron chi connectivity index (χ0n) is 5.76. The molecule has 0 unspecified atom stereocenters. The Morgan fingerprint density at radius 3 is 2.60 bits per heavy atom. The van der Waals surface area contributed by atoms with Crippen LogP contribution in [-0.4, -0.2) is 5.11 Å². The lowest BCUT2D eigenvalue weighted by Gasteiger charge is -1.97. The number of hydrogen-bond donors (Lipinski definition) is 1. The summed E-state index contributed by atoms with van der Waals surface area (Å²) in [6.45, 7) is 2.02. The first-order valence-electron chi connectivity index (χ1n) is 3.21. The quantitative estimate of drug-likeness (QED) is 0.663. The van der Waals surface area contributed by atoms with Crippen molar-refractivity contribution in [3.05, 3.63) is 28.8 Å². The second kappa shape index (κ2) is 2.93. The van der Waals surface area contributed by atoms with E-state index in [-0.39, 0.29) is 5.75 Å². The van der Waals surface area contributed by atoms with Crippen LogP contribution in [0.15, 0.2) is 18.2 Å². The van der Waals surface area contributed by atoms with E-state index in [9.17, 15) is 0 Å². The van der Waals surface area contributed by atoms with E-state index < -0.39 is 0 Å². The van der Waals surface area contributed by atoms with Crippen LogP contribution in [0.5, 0.6) is 5.75 Å². The molecule has 0 fully saturated rings. The molecule has 0 aromatic heterocycles. The van der Waals surface area contributed by atoms with Crippen molar-refractivity contribution >= 4 is 11.6 Å². The van der Waals surface area contributed by atoms with E-state index >= 15 is 0 Å². The molecule has 1 N–H and O–H groups in total. The summed E-state index contributed by atoms with van der Waals surface area (Å²) in [5, 5.41) is 9.63. The van der Waals surface area contributed by atoms with Crippen molar-refractivity contribution in [1.82, 2.24) is 0 Å². The van der Waals surface area contributed by atoms with Gasteiger partial charge in [0, 0.05) is 5.02 Å². The van der Waals surface area contributed by atoms with Gasteiger partial charge in [-0.25, -0.2) is 0 Å². The predicted octanol–water partition coefficient (Wildman–Crippen LogP) is 2.61. The van der Waals surface area contributed by atoms with Gasteiger partial charge in [-0.05, 0) is 30.2 Å². The third kappa shape index (κ3) is 1.64. The fraction of sp³-hybridized carbons (Fsp3) is 0.250. The second-order valence-electron chi connectivity index (χ2n) is 2.17. The van der Waals surface area contributed by atoms with E-state index in [2.05, 4.69) is 0 Å². The Kier molecular flexibility index (Phi) is 2.17. The van der Waals surface area contributed by atoms with Gasteiger partial charge in [-0.3, -0.25) is 0 Å². The molecule has 0 saturated heterocycles. The van der Waals surface area contributed by atoms with Gasteiger partial charge in [-0.1, -0.05) is 18.5 Å². The number of aromatic hydroxyl groups is 1. The molecule has 0 saturated carbocycles. The summed E-state index contributed by atoms with van der Waals surface area (Å²) in [4.78, 5) is 0. The van der Waals surface area contributed by atoms with Crippen LogP contribution in [0, 0.1) is 0 Å². The fourth-order valence-electron chi connectivity index (χ4n) is 0.837. The Bertz CT molecular complexity index is 212. The molecule has 0 aliphatic carbocycles. The normalized spacial score (nSPS) is 9.80. The molecule has 1 rings (SSSR count). The van der Waals surface area contributed by atoms with Gasteiger partial charge in [-0.15, -0.1) is 0 Å². The Morgan fingerprint density at radius 2 is 2.10 bits per heavy atom. The van der Waals surface area contributed by atoms with Crippen LogP contribution in [-0.2, 0) is 6.42 Å². The maximum atomic E-state index is 9.04. The molecule has 0 aliphatic heterocycles. The monoisotopic (exact) mass is 156 g/mol. The minimum Gasteiger partial charge on any atom is -0.508 e. The van der Waals surface area contributed by atoms with Crippen LogP contribution < -0.4 is 0 Å². The third-order valence-electron chi connectivity index (χ3n) is 1.35. The van der Waals surface area contributed by atoms with Crippen molar-refractivity contribution in [2.24, 2.45) is 0 Å². The van der Waals surface area contributed by atoms with E-state index in [1.165, 1.54) is 6.07 Å². The van der Waals surface area contributed by atoms with Crippen molar-refractivity contribution in [2.75, 3.05) is 0 Å². The summed E-state index contributed by atoms with van der Waals surface area (Å²) in [5.74, 6) is 0.240. The minimum atomic E-state index is 0.240. The van der Waals surface area contributed by atoms with Crippen LogP contribution >= 0.6 is 11.6 Å². The smallest absolute Gasteiger partial charge is 0.117 e. The second-order valence-corrected chi connectivity index (χ2v) is 2.61. The fourth-order valence-corrected chi connectivity index (χ4v) is 1.09. The lowest BCUT2D eigenvalue weighted by molar-refractivity contribution is 0.474. The highest BCUT2D eigenvalue weighted by Gasteiger charge is 1.94. The summed E-state index contributed by atoms with van der Waals surface area (Å²) in [7, 11) is 0. The van der Waals surface area contributed by atoms with Gasteiger partial charge in [0.2, 0.25) is 0 Å². The van der Waals surface area contributed by atoms with Crippen molar-refractivity contribution in [3.8, 4) is 5.75 Å². The number of phenolic OH excluding ortho intramolecular Hbond substituents is 1. The van der Waals surface area contributed by atoms with Crippen LogP contribution in [0.4, 0.5) is 0 Å². The average Bonchev–Trinajstić information content (AvgIpc) is 1.85. The average molecular weight is 157 g/mol. The van der Waals surface area contributed by atoms with E-state index in [4.69, 9.17) is 16.7 Å². The first-order chi connectivity index (χ1) is 4.72. The van der Waals surface area contributed by atoms with Crippen molar-refractivity contribution in [1.29, 1.82) is 0 Å². The van der Waals surface area contributed by atoms with Crippen LogP contribution in [0.25, 0.3) is 0 Å². The Labute approximate surface area is 65.3 Å². The zero-order valence-corrected chi connectivity index (χ0v) is 6.52. The van der Waals surface area contributed by atoms with Gasteiger partial charge < -0.3 is 5.11 Å². The first-order valence-corrected chi connectivity index (χ1v) is 3.58. The van der Waals surface area contributed by atoms with E-state index in [1.807, 2.05) is 13.0 Å². The number of aryl methyl sites for hydroxylation is 1. The van der Waals surface area contributed by atoms with Crippen LogP contribution in [0.1, 0.15) is 12.5 Å². The highest BCUT2D eigenvalue weighted by molar-refractivity contribution is 6.30. The van der Waals surface area contributed by atoms with E-state index in [1.54, 1.807) is 6.07 Å². The molecular weight excluding hydrogens is 148 g/mol. The van der Waals surface area contributed by atoms with E-state index in [0.29, 0.717) is 5.02 Å². The largest absolute Gasteiger partial charge is 0.508 e. The minimum absolute atomic E-state index is 0.240. The van der Waals surface area contributed by atoms with Gasteiger partial charge in [-0.2, -0.15) is 0 Å². The van der Waals surface area contributed by atoms with Crippen molar-refractivity contribution < 1.29 is 5.11 Å². The summed E-state index contributed by atoms with van der Waals surface area (Å²) in [6, 6.07) is 5.09. The molecule has 0 aliphatic rings. The zero-order chi connectivity index (χ0) is 7.56. The van der Waals surface area contributed by atoms with Gasteiger partial charge in [0.25, 0.3) is 0 Å². The Morgan fingerprint density at radius 1 is 1.40 bits per heavy atom. The topological polar surface area (TPSA) is 20.2 Å². The molecule has 0 bridgehead atoms. The molecule has 0 atom stereocenters. The molecular formula is C8H9ClO. The maximum absolute atomic E-state index is 9.04. The van der Waals surface area contributed by atoms with E-state index in [0.717, 1.165) is 12.0 Å². The molecule has 1 aromatic carbocycles. The summed E-state index contributed by atoms with van der Waals surface area (Å²) >= 11 is 5.67. The molecule has 1 aromatic rings. The first kappa shape index (κ1) is 7.42. The molecule has 0 amide bonds. The van der Waals surface area contributed by atoms with Gasteiger partial charge in [0.1, 0.15) is 5.75 Å². The Balaban J connectivity index is 3.06. The lowest BCUT2D eigenvalue weighted by Crippen LogP contribution is -1.78. The predicted molar refractivity (Wildman–Crippen MR) is 42.5 cm³/mol. The van der Waals surface area contributed by atoms with Gasteiger partial charge >= 0.3 is 0 Å². The van der Waals surface area contributed by atoms with Gasteiger partial charge in [0.05, 0.1) is 0 Å². The van der Waals surface area contributed by atoms with Crippen molar-refractivity contribution in [2.45, 2.75) is 13.3 Å². The summed E-state index contributed by atoms with van der Waals surface area (Å²) in [6.07, 6.45) is 0.897. The summed E-state index contributed by atoms with van der Waals surface area (Å²) in [5.41, 5.74) is 1.06. The molecule has 10 heavy (non-hydrogen) atoms. The molecule has 54 valence electrons. The standard InChI is InChI=1S/C8H9ClO/c1-2-6-3-7(9)5-8(10)4-6/h3-5,10H,2H2,1H3. The highest BCUT2D eigenvalue weighted by Crippen LogP contribution is 2.19. The molecule has 0 heterocycles. The molecule has 0 spiro atoms. The molecule has 0 radical (unpaired) electrons. The molecule has 1 nitrogen and oxygen atoms in total. The maximum Gasteiger partial charge on any atom is 0.117 e. The SMILES string of the molecule is CCc1cc(O)cc(Cl)c1. The highest BCUT2D eigenvalue weighted by atomic mass is 35.5. The van der Waals surface area contributed by atoms with Crippen LogP contribution in [0.2, 0.25) is 5.02 Å². The number of hydrogen-bond acceptors (Lipinski definition) is 1. The summed E-state index contributed by atoms with van der Waals surface area (Å²) < 4.78 is 0. The third-order valence-corrected chi connectivity index (χ3v) is 1.57. The van der Waals surface area contributed by atoms with Gasteiger partial charge in [0.15, 0.2) is 0 Å². The lowest BCUT2D eigenvalue weighted by atomic mass is 10.2. The van der Waals surface area contributed by atoms with Crippen molar-refractivity contribution in [3.63, 3.8) is 0 Å². The van der Waals surface area contributed by atoms with Crippen LogP contribution in [0.3, 0.4) is 0 Å². The number of halogens is 1. The Hall–Kier alpha value is -0.690.